The second-order valence-corrected chi connectivity index (χ2v) is 25.6. The molecular weight excluding hydrogens is 1070 g/mol. The van der Waals surface area contributed by atoms with Gasteiger partial charge in [-0.2, -0.15) is 0 Å². The smallest absolute Gasteiger partial charge is 0.0623 e. The predicted molar refractivity (Wildman–Crippen MR) is 365 cm³/mol. The zero-order chi connectivity index (χ0) is 57.7. The molecule has 0 saturated heterocycles. The molecule has 0 saturated carbocycles. The highest BCUT2D eigenvalue weighted by Crippen LogP contribution is 2.75. The van der Waals surface area contributed by atoms with E-state index in [-0.39, 0.29) is 0 Å². The molecule has 0 amide bonds. The number of aromatic nitrogens is 2. The number of fused-ring (bicyclic) bond motifs is 6. The summed E-state index contributed by atoms with van der Waals surface area (Å²) < 4.78 is 5.15. The van der Waals surface area contributed by atoms with Gasteiger partial charge in [0.1, 0.15) is 0 Å². The van der Waals surface area contributed by atoms with Crippen molar-refractivity contribution in [2.24, 2.45) is 0 Å². The fourth-order valence-corrected chi connectivity index (χ4v) is 17.7. The van der Waals surface area contributed by atoms with Gasteiger partial charge < -0.3 is 9.13 Å². The molecule has 410 valence electrons. The lowest BCUT2D eigenvalue weighted by atomic mass is 9.93. The maximum Gasteiger partial charge on any atom is 0.0623 e. The van der Waals surface area contributed by atoms with Gasteiger partial charge in [0.05, 0.1) is 22.2 Å². The normalized spacial score (nSPS) is 12.3. The van der Waals surface area contributed by atoms with Gasteiger partial charge in [0.25, 0.3) is 0 Å². The summed E-state index contributed by atoms with van der Waals surface area (Å²) in [7, 11) is -2.34. The van der Waals surface area contributed by atoms with E-state index in [9.17, 15) is 0 Å². The van der Waals surface area contributed by atoms with Gasteiger partial charge in [-0.05, 0) is 148 Å². The van der Waals surface area contributed by atoms with Crippen LogP contribution >= 0.6 is 10.0 Å². The van der Waals surface area contributed by atoms with Crippen LogP contribution < -0.4 is 0 Å². The molecule has 0 fully saturated rings. The Kier molecular flexibility index (Phi) is 13.0. The molecule has 1 aliphatic carbocycles. The van der Waals surface area contributed by atoms with Gasteiger partial charge in [0.2, 0.25) is 0 Å². The van der Waals surface area contributed by atoms with Crippen LogP contribution in [0.25, 0.3) is 117 Å². The zero-order valence-electron chi connectivity index (χ0n) is 47.9. The van der Waals surface area contributed by atoms with Crippen LogP contribution in [0.2, 0.25) is 0 Å². The van der Waals surface area contributed by atoms with Gasteiger partial charge in [0.15, 0.2) is 0 Å². The van der Waals surface area contributed by atoms with E-state index in [1.54, 1.807) is 0 Å². The summed E-state index contributed by atoms with van der Waals surface area (Å²) in [6.45, 7) is 0. The predicted octanol–water partition coefficient (Wildman–Crippen LogP) is 22.6. The van der Waals surface area contributed by atoms with Gasteiger partial charge in [0, 0.05) is 74.9 Å². The molecule has 13 aromatic carbocycles. The van der Waals surface area contributed by atoms with Crippen molar-refractivity contribution >= 4 is 48.8 Å². The molecule has 2 nitrogen and oxygen atoms in total. The van der Waals surface area contributed by atoms with Crippen molar-refractivity contribution in [2.45, 2.75) is 32.4 Å². The molecule has 0 atom stereocenters. The van der Waals surface area contributed by atoms with Gasteiger partial charge in [-0.15, -0.1) is 10.0 Å². The third-order valence-electron chi connectivity index (χ3n) is 17.5. The van der Waals surface area contributed by atoms with Gasteiger partial charge in [-0.1, -0.05) is 249 Å². The number of para-hydroxylation sites is 2. The summed E-state index contributed by atoms with van der Waals surface area (Å²) in [5.41, 5.74) is 22.2. The molecule has 0 N–H and O–H groups in total. The van der Waals surface area contributed by atoms with E-state index in [0.29, 0.717) is 0 Å². The highest BCUT2D eigenvalue weighted by atomic mass is 32.3. The fourth-order valence-electron chi connectivity index (χ4n) is 13.7. The SMILES string of the molecule is c1cccc(-c2cc(S(c3ccccc3)(c3ccccc3)c3cc(-c4ccccc4)cc(-c4ccccc4)c3)cc(-c3ccccc3)c2-n2c3c(c4cc(-n5c6ccccc6c6cccc(-c7ccccc7-c7ccccc7)c65)ccc42)C=CCC3)c#1. The number of rotatable bonds is 12. The Morgan fingerprint density at radius 3 is 1.51 bits per heavy atom. The Morgan fingerprint density at radius 2 is 0.862 bits per heavy atom. The average molecular weight is 1130 g/mol. The Bertz CT molecular complexity index is 4890. The van der Waals surface area contributed by atoms with E-state index in [4.69, 9.17) is 0 Å². The lowest BCUT2D eigenvalue weighted by molar-refractivity contribution is 0.889. The third-order valence-corrected chi connectivity index (χ3v) is 21.4. The molecule has 0 radical (unpaired) electrons. The van der Waals surface area contributed by atoms with Crippen LogP contribution in [0.5, 0.6) is 0 Å². The standard InChI is InChI=1S/C84H58N2S/c1-8-29-59(30-9-1)64-53-65(60-31-10-2-11-32-60)55-69(54-64)87(67-39-18-6-19-40-67,68-41-20-7-21-42-68)70-57-77(62-35-14-4-15-36-62)84(78(58-70)63-37-16-5-17-38-63)86-81-50-27-25-46-74(81)79-56-66(51-52-82(79)86)85-80-49-26-24-45-73(80)76-48-28-47-75(83(76)85)72-44-23-22-43-71(72)61-33-12-3-13-34-61/h1-16,18-26,28-37,39-49,51-58H,27,50H2. The second-order valence-electron chi connectivity index (χ2n) is 22.5. The van der Waals surface area contributed by atoms with Crippen LogP contribution in [0.4, 0.5) is 0 Å². The second kappa shape index (κ2) is 21.9. The minimum Gasteiger partial charge on any atom is -0.312 e. The highest BCUT2D eigenvalue weighted by Gasteiger charge is 2.37. The zero-order valence-corrected chi connectivity index (χ0v) is 48.7. The summed E-state index contributed by atoms with van der Waals surface area (Å²) in [4.78, 5) is 4.97. The molecule has 3 heteroatoms. The summed E-state index contributed by atoms with van der Waals surface area (Å²) in [6, 6.07) is 124. The first-order chi connectivity index (χ1) is 43.2. The Hall–Kier alpha value is -10.9. The van der Waals surface area contributed by atoms with Crippen LogP contribution in [0.1, 0.15) is 17.7 Å². The molecule has 0 aliphatic heterocycles. The molecule has 0 spiro atoms. The Morgan fingerprint density at radius 1 is 0.333 bits per heavy atom. The van der Waals surface area contributed by atoms with Crippen molar-refractivity contribution in [1.29, 1.82) is 0 Å². The third kappa shape index (κ3) is 8.84. The van der Waals surface area contributed by atoms with Crippen LogP contribution in [0.15, 0.2) is 341 Å². The van der Waals surface area contributed by atoms with E-state index < -0.39 is 10.0 Å². The average Bonchev–Trinajstić information content (AvgIpc) is 2.35. The van der Waals surface area contributed by atoms with Crippen molar-refractivity contribution in [3.8, 4) is 78.1 Å². The molecule has 0 unspecified atom stereocenters. The molecule has 0 bridgehead atoms. The number of nitrogens with zero attached hydrogens (tertiary/aromatic N) is 2. The maximum absolute atomic E-state index is 3.70. The van der Waals surface area contributed by atoms with Crippen molar-refractivity contribution in [3.05, 3.63) is 345 Å². The van der Waals surface area contributed by atoms with Gasteiger partial charge in [-0.3, -0.25) is 0 Å². The van der Waals surface area contributed by atoms with Crippen LogP contribution in [0, 0.1) is 12.1 Å². The molecule has 15 aromatic rings. The van der Waals surface area contributed by atoms with Gasteiger partial charge in [-0.25, -0.2) is 0 Å². The van der Waals surface area contributed by atoms with Gasteiger partial charge >= 0.3 is 0 Å². The van der Waals surface area contributed by atoms with E-state index in [2.05, 4.69) is 343 Å². The molecular formula is C84H58N2S. The fraction of sp³-hybridized carbons (Fsp3) is 0.0238. The molecule has 1 aliphatic rings. The monoisotopic (exact) mass is 1130 g/mol. The lowest BCUT2D eigenvalue weighted by Gasteiger charge is -2.43. The van der Waals surface area contributed by atoms with Crippen molar-refractivity contribution < 1.29 is 0 Å². The summed E-state index contributed by atoms with van der Waals surface area (Å²) in [5, 5.41) is 3.67. The summed E-state index contributed by atoms with van der Waals surface area (Å²) >= 11 is 0. The van der Waals surface area contributed by atoms with Crippen LogP contribution in [-0.2, 0) is 6.42 Å². The minimum absolute atomic E-state index is 0.878. The van der Waals surface area contributed by atoms with E-state index in [1.165, 1.54) is 103 Å². The van der Waals surface area contributed by atoms with E-state index >= 15 is 0 Å². The lowest BCUT2D eigenvalue weighted by Crippen LogP contribution is -2.10. The number of hydrogen-bond donors (Lipinski definition) is 0. The minimum atomic E-state index is -2.34. The first-order valence-corrected chi connectivity index (χ1v) is 31.7. The van der Waals surface area contributed by atoms with Crippen molar-refractivity contribution in [1.82, 2.24) is 9.13 Å². The Labute approximate surface area is 510 Å². The molecule has 87 heavy (non-hydrogen) atoms. The summed E-state index contributed by atoms with van der Waals surface area (Å²) in [6.07, 6.45) is 6.56. The molecule has 16 rings (SSSR count). The van der Waals surface area contributed by atoms with Crippen molar-refractivity contribution in [2.75, 3.05) is 0 Å². The topological polar surface area (TPSA) is 9.86 Å². The van der Waals surface area contributed by atoms with Crippen LogP contribution in [-0.4, -0.2) is 9.13 Å². The first kappa shape index (κ1) is 51.7. The number of hydrogen-bond acceptors (Lipinski definition) is 0. The Balaban J connectivity index is 0.999. The first-order valence-electron chi connectivity index (χ1n) is 30.0. The molecule has 2 aromatic heterocycles. The van der Waals surface area contributed by atoms with E-state index in [0.717, 1.165) is 52.0 Å². The largest absolute Gasteiger partial charge is 0.312 e. The van der Waals surface area contributed by atoms with Crippen molar-refractivity contribution in [3.63, 3.8) is 0 Å². The van der Waals surface area contributed by atoms with Crippen LogP contribution in [0.3, 0.4) is 0 Å². The number of allylic oxidation sites excluding steroid dienone is 1. The van der Waals surface area contributed by atoms with E-state index in [1.807, 2.05) is 6.07 Å². The maximum atomic E-state index is 3.70. The quantitative estimate of drug-likeness (QED) is 0.115. The summed E-state index contributed by atoms with van der Waals surface area (Å²) in [5.74, 6) is 0. The molecule has 2 heterocycles. The highest BCUT2D eigenvalue weighted by molar-refractivity contribution is 8.34. The number of benzene rings is 12.